The van der Waals surface area contributed by atoms with Crippen LogP contribution in [0, 0.1) is 6.92 Å². The third kappa shape index (κ3) is 3.20. The Bertz CT molecular complexity index is 568. The Hall–Kier alpha value is -1.24. The molecule has 0 spiro atoms. The van der Waals surface area contributed by atoms with Crippen molar-refractivity contribution in [1.29, 1.82) is 0 Å². The summed E-state index contributed by atoms with van der Waals surface area (Å²) in [6.07, 6.45) is 0. The van der Waals surface area contributed by atoms with Crippen molar-refractivity contribution in [3.8, 4) is 11.5 Å². The van der Waals surface area contributed by atoms with Crippen LogP contribution in [0.3, 0.4) is 0 Å². The fourth-order valence-electron chi connectivity index (χ4n) is 1.81. The highest BCUT2D eigenvalue weighted by atomic mass is 79.9. The molecule has 0 fully saturated rings. The van der Waals surface area contributed by atoms with Crippen molar-refractivity contribution in [2.24, 2.45) is 5.73 Å². The second-order valence-electron chi connectivity index (χ2n) is 4.74. The molecular weight excluding hydrogens is 308 g/mol. The summed E-state index contributed by atoms with van der Waals surface area (Å²) in [4.78, 5) is 6.38. The molecule has 1 aromatic heterocycles. The molecule has 2 N–H and O–H groups in total. The van der Waals surface area contributed by atoms with E-state index in [0.29, 0.717) is 18.3 Å². The van der Waals surface area contributed by atoms with Gasteiger partial charge in [0.1, 0.15) is 0 Å². The molecule has 0 saturated carbocycles. The average molecular weight is 325 g/mol. The van der Waals surface area contributed by atoms with Gasteiger partial charge in [-0.15, -0.1) is 0 Å². The molecule has 19 heavy (non-hydrogen) atoms. The van der Waals surface area contributed by atoms with Crippen LogP contribution in [0.25, 0.3) is 11.5 Å². The lowest BCUT2D eigenvalue weighted by molar-refractivity contribution is 0.357. The molecule has 6 heteroatoms. The van der Waals surface area contributed by atoms with E-state index in [9.17, 15) is 0 Å². The SMILES string of the molecule is Cc1c(Br)cccc1-c1nc(C(N)CN(C)C)no1. The van der Waals surface area contributed by atoms with Crippen LogP contribution in [-0.2, 0) is 0 Å². The standard InChI is InChI=1S/C13H17BrN4O/c1-8-9(5-4-6-10(8)14)13-16-12(17-19-13)11(15)7-18(2)3/h4-6,11H,7,15H2,1-3H3. The van der Waals surface area contributed by atoms with Crippen LogP contribution in [0.5, 0.6) is 0 Å². The van der Waals surface area contributed by atoms with Crippen molar-refractivity contribution in [2.75, 3.05) is 20.6 Å². The average Bonchev–Trinajstić information content (AvgIpc) is 2.81. The molecule has 0 bridgehead atoms. The van der Waals surface area contributed by atoms with Crippen LogP contribution in [0.2, 0.25) is 0 Å². The number of nitrogens with two attached hydrogens (primary N) is 1. The second kappa shape index (κ2) is 5.81. The molecule has 0 radical (unpaired) electrons. The number of halogens is 1. The molecular formula is C13H17BrN4O. The molecule has 0 aliphatic heterocycles. The summed E-state index contributed by atoms with van der Waals surface area (Å²) in [6.45, 7) is 2.68. The molecule has 1 atom stereocenters. The fraction of sp³-hybridized carbons (Fsp3) is 0.385. The summed E-state index contributed by atoms with van der Waals surface area (Å²) in [5.74, 6) is 1.03. The zero-order valence-corrected chi connectivity index (χ0v) is 12.8. The molecule has 0 saturated heterocycles. The molecule has 0 aliphatic rings. The van der Waals surface area contributed by atoms with Crippen LogP contribution in [0.1, 0.15) is 17.4 Å². The summed E-state index contributed by atoms with van der Waals surface area (Å²) < 4.78 is 6.32. The number of hydrogen-bond donors (Lipinski definition) is 1. The molecule has 2 aromatic rings. The lowest BCUT2D eigenvalue weighted by atomic mass is 10.1. The molecule has 1 heterocycles. The van der Waals surface area contributed by atoms with Crippen LogP contribution < -0.4 is 5.73 Å². The van der Waals surface area contributed by atoms with Gasteiger partial charge >= 0.3 is 0 Å². The zero-order chi connectivity index (χ0) is 14.0. The van der Waals surface area contributed by atoms with Crippen molar-refractivity contribution in [3.05, 3.63) is 34.1 Å². The topological polar surface area (TPSA) is 68.2 Å². The number of hydrogen-bond acceptors (Lipinski definition) is 5. The van der Waals surface area contributed by atoms with Gasteiger partial charge in [-0.05, 0) is 38.7 Å². The van der Waals surface area contributed by atoms with Gasteiger partial charge in [-0.2, -0.15) is 4.98 Å². The van der Waals surface area contributed by atoms with Crippen molar-refractivity contribution in [3.63, 3.8) is 0 Å². The molecule has 1 aromatic carbocycles. The molecule has 1 unspecified atom stereocenters. The predicted octanol–water partition coefficient (Wildman–Crippen LogP) is 2.37. The van der Waals surface area contributed by atoms with E-state index in [0.717, 1.165) is 15.6 Å². The van der Waals surface area contributed by atoms with E-state index in [1.807, 2.05) is 44.1 Å². The van der Waals surface area contributed by atoms with Gasteiger partial charge in [-0.25, -0.2) is 0 Å². The Morgan fingerprint density at radius 2 is 2.16 bits per heavy atom. The van der Waals surface area contributed by atoms with Gasteiger partial charge in [-0.3, -0.25) is 0 Å². The Morgan fingerprint density at radius 3 is 2.84 bits per heavy atom. The highest BCUT2D eigenvalue weighted by molar-refractivity contribution is 9.10. The number of aromatic nitrogens is 2. The summed E-state index contributed by atoms with van der Waals surface area (Å²) in [5, 5.41) is 3.96. The highest BCUT2D eigenvalue weighted by Gasteiger charge is 2.17. The first kappa shape index (κ1) is 14.2. The van der Waals surface area contributed by atoms with E-state index in [2.05, 4.69) is 26.1 Å². The quantitative estimate of drug-likeness (QED) is 0.935. The Morgan fingerprint density at radius 1 is 1.42 bits per heavy atom. The predicted molar refractivity (Wildman–Crippen MR) is 77.7 cm³/mol. The minimum atomic E-state index is -0.250. The number of rotatable bonds is 4. The summed E-state index contributed by atoms with van der Waals surface area (Å²) in [5.41, 5.74) is 8.01. The second-order valence-corrected chi connectivity index (χ2v) is 5.59. The summed E-state index contributed by atoms with van der Waals surface area (Å²) in [6, 6.07) is 5.62. The van der Waals surface area contributed by atoms with E-state index >= 15 is 0 Å². The maximum absolute atomic E-state index is 6.02. The Balaban J connectivity index is 2.28. The first-order valence-electron chi connectivity index (χ1n) is 5.98. The van der Waals surface area contributed by atoms with Crippen molar-refractivity contribution < 1.29 is 4.52 Å². The lowest BCUT2D eigenvalue weighted by Gasteiger charge is -2.12. The number of benzene rings is 1. The summed E-state index contributed by atoms with van der Waals surface area (Å²) >= 11 is 3.49. The van der Waals surface area contributed by atoms with Crippen LogP contribution in [-0.4, -0.2) is 35.7 Å². The van der Waals surface area contributed by atoms with Gasteiger partial charge in [0.05, 0.1) is 6.04 Å². The van der Waals surface area contributed by atoms with E-state index in [1.165, 1.54) is 0 Å². The zero-order valence-electron chi connectivity index (χ0n) is 11.2. The van der Waals surface area contributed by atoms with Crippen LogP contribution in [0.15, 0.2) is 27.2 Å². The van der Waals surface area contributed by atoms with Crippen LogP contribution >= 0.6 is 15.9 Å². The highest BCUT2D eigenvalue weighted by Crippen LogP contribution is 2.27. The van der Waals surface area contributed by atoms with Crippen molar-refractivity contribution in [2.45, 2.75) is 13.0 Å². The minimum absolute atomic E-state index is 0.250. The van der Waals surface area contributed by atoms with Gasteiger partial charge in [-0.1, -0.05) is 27.2 Å². The normalized spacial score (nSPS) is 12.9. The smallest absolute Gasteiger partial charge is 0.258 e. The van der Waals surface area contributed by atoms with Gasteiger partial charge in [0, 0.05) is 16.6 Å². The van der Waals surface area contributed by atoms with E-state index in [4.69, 9.17) is 10.3 Å². The lowest BCUT2D eigenvalue weighted by Crippen LogP contribution is -2.26. The molecule has 5 nitrogen and oxygen atoms in total. The van der Waals surface area contributed by atoms with E-state index in [1.54, 1.807) is 0 Å². The Labute approximate surface area is 120 Å². The molecule has 0 amide bonds. The third-order valence-electron chi connectivity index (χ3n) is 2.83. The largest absolute Gasteiger partial charge is 0.334 e. The van der Waals surface area contributed by atoms with Gasteiger partial charge in [0.15, 0.2) is 5.82 Å². The van der Waals surface area contributed by atoms with Gasteiger partial charge in [0.25, 0.3) is 5.89 Å². The molecule has 0 aliphatic carbocycles. The van der Waals surface area contributed by atoms with E-state index < -0.39 is 0 Å². The van der Waals surface area contributed by atoms with Gasteiger partial charge < -0.3 is 15.2 Å². The third-order valence-corrected chi connectivity index (χ3v) is 3.69. The van der Waals surface area contributed by atoms with Crippen LogP contribution in [0.4, 0.5) is 0 Å². The first-order chi connectivity index (χ1) is 8.99. The number of nitrogens with zero attached hydrogens (tertiary/aromatic N) is 3. The molecule has 102 valence electrons. The fourth-order valence-corrected chi connectivity index (χ4v) is 2.18. The first-order valence-corrected chi connectivity index (χ1v) is 6.77. The van der Waals surface area contributed by atoms with E-state index in [-0.39, 0.29) is 6.04 Å². The minimum Gasteiger partial charge on any atom is -0.334 e. The Kier molecular flexibility index (Phi) is 4.34. The maximum atomic E-state index is 6.02. The van der Waals surface area contributed by atoms with Crippen molar-refractivity contribution >= 4 is 15.9 Å². The summed E-state index contributed by atoms with van der Waals surface area (Å²) in [7, 11) is 3.92. The molecule has 2 rings (SSSR count). The van der Waals surface area contributed by atoms with Gasteiger partial charge in [0.2, 0.25) is 0 Å². The maximum Gasteiger partial charge on any atom is 0.258 e. The van der Waals surface area contributed by atoms with Crippen molar-refractivity contribution in [1.82, 2.24) is 15.0 Å². The number of likely N-dealkylation sites (N-methyl/N-ethyl adjacent to an activating group) is 1. The monoisotopic (exact) mass is 324 g/mol.